The maximum absolute atomic E-state index is 9.17. The van der Waals surface area contributed by atoms with Gasteiger partial charge >= 0.3 is 30.6 Å². The molecule has 0 aliphatic carbocycles. The summed E-state index contributed by atoms with van der Waals surface area (Å²) in [7, 11) is 1.41. The van der Waals surface area contributed by atoms with Crippen LogP contribution in [0.3, 0.4) is 0 Å². The van der Waals surface area contributed by atoms with E-state index in [0.29, 0.717) is 0 Å². The summed E-state index contributed by atoms with van der Waals surface area (Å²) in [5.74, 6) is 0. The van der Waals surface area contributed by atoms with Gasteiger partial charge < -0.3 is 0 Å². The fourth-order valence-electron chi connectivity index (χ4n) is 0. The van der Waals surface area contributed by atoms with E-state index in [0.717, 1.165) is 0 Å². The molecule has 2 nitrogen and oxygen atoms in total. The molecular formula is CH3AsO2. The van der Waals surface area contributed by atoms with E-state index in [4.69, 9.17) is 0 Å². The topological polar surface area (TPSA) is 26.3 Å². The Balaban J connectivity index is 2.30. The van der Waals surface area contributed by atoms with Gasteiger partial charge in [-0.05, 0) is 0 Å². The molecule has 0 radical (unpaired) electrons. The van der Waals surface area contributed by atoms with Gasteiger partial charge in [0.05, 0.1) is 0 Å². The third-order valence-corrected chi connectivity index (χ3v) is 0.387. The van der Waals surface area contributed by atoms with Gasteiger partial charge in [-0.3, -0.25) is 0 Å². The Morgan fingerprint density at radius 3 is 2.25 bits per heavy atom. The molecule has 0 fully saturated rings. The van der Waals surface area contributed by atoms with Gasteiger partial charge in [-0.25, -0.2) is 0 Å². The van der Waals surface area contributed by atoms with Crippen LogP contribution < -0.4 is 0 Å². The van der Waals surface area contributed by atoms with Crippen molar-refractivity contribution in [1.82, 2.24) is 0 Å². The van der Waals surface area contributed by atoms with Crippen molar-refractivity contribution in [1.29, 1.82) is 0 Å². The molecule has 0 aromatic heterocycles. The molecule has 0 atom stereocenters. The summed E-state index contributed by atoms with van der Waals surface area (Å²) in [6.45, 7) is 0. The van der Waals surface area contributed by atoms with E-state index in [1.807, 2.05) is 0 Å². The minimum atomic E-state index is -1.03. The summed E-state index contributed by atoms with van der Waals surface area (Å²) < 4.78 is 13.2. The molecule has 24 valence electrons. The van der Waals surface area contributed by atoms with Crippen molar-refractivity contribution in [2.75, 3.05) is 7.11 Å². The standard InChI is InChI=1S/CH3AsO2/c1-4-2-3/h1H3. The molecule has 0 spiro atoms. The van der Waals surface area contributed by atoms with Crippen molar-refractivity contribution in [2.45, 2.75) is 0 Å². The average molecular weight is 122 g/mol. The van der Waals surface area contributed by atoms with Crippen LogP contribution in [-0.2, 0) is 7.47 Å². The Labute approximate surface area is 31.4 Å². The predicted molar refractivity (Wildman–Crippen MR) is 13.4 cm³/mol. The van der Waals surface area contributed by atoms with Crippen LogP contribution in [0.4, 0.5) is 0 Å². The van der Waals surface area contributed by atoms with Gasteiger partial charge in [0.2, 0.25) is 0 Å². The van der Waals surface area contributed by atoms with E-state index < -0.39 is 16.0 Å². The summed E-state index contributed by atoms with van der Waals surface area (Å²) in [6.07, 6.45) is 0. The van der Waals surface area contributed by atoms with Crippen LogP contribution in [0, 0.1) is 0 Å². The summed E-state index contributed by atoms with van der Waals surface area (Å²) in [4.78, 5) is 0. The number of hydrogen-bond acceptors (Lipinski definition) is 2. The molecule has 0 aliphatic heterocycles. The monoisotopic (exact) mass is 122 g/mol. The van der Waals surface area contributed by atoms with Gasteiger partial charge in [-0.2, -0.15) is 0 Å². The first-order valence-electron chi connectivity index (χ1n) is 0.773. The Hall–Kier alpha value is 0.318. The van der Waals surface area contributed by atoms with Crippen molar-refractivity contribution < 1.29 is 7.47 Å². The summed E-state index contributed by atoms with van der Waals surface area (Å²) in [6, 6.07) is 0. The third kappa shape index (κ3) is 2.32. The first-order valence-corrected chi connectivity index (χ1v) is 2.31. The van der Waals surface area contributed by atoms with Gasteiger partial charge in [0.25, 0.3) is 0 Å². The molecule has 0 bridgehead atoms. The molecular weight excluding hydrogens is 119 g/mol. The van der Waals surface area contributed by atoms with Gasteiger partial charge in [0.15, 0.2) is 0 Å². The molecule has 4 heavy (non-hydrogen) atoms. The fourth-order valence-corrected chi connectivity index (χ4v) is 0. The van der Waals surface area contributed by atoms with E-state index in [-0.39, 0.29) is 0 Å². The quantitative estimate of drug-likeness (QED) is 0.442. The van der Waals surface area contributed by atoms with Gasteiger partial charge in [-0.1, -0.05) is 0 Å². The Bertz CT molecular complexity index is 20.0. The van der Waals surface area contributed by atoms with Crippen molar-refractivity contribution in [3.8, 4) is 0 Å². The zero-order valence-electron chi connectivity index (χ0n) is 2.26. The molecule has 3 heteroatoms. The molecule has 0 saturated heterocycles. The summed E-state index contributed by atoms with van der Waals surface area (Å²) in [5, 5.41) is 0. The van der Waals surface area contributed by atoms with Crippen LogP contribution in [0.1, 0.15) is 0 Å². The van der Waals surface area contributed by atoms with Crippen LogP contribution in [-0.4, -0.2) is 23.1 Å². The second kappa shape index (κ2) is 3.32. The van der Waals surface area contributed by atoms with Gasteiger partial charge in [-0.15, -0.1) is 0 Å². The van der Waals surface area contributed by atoms with Crippen LogP contribution in [0.25, 0.3) is 0 Å². The van der Waals surface area contributed by atoms with Gasteiger partial charge in [0, 0.05) is 0 Å². The molecule has 0 heterocycles. The van der Waals surface area contributed by atoms with Gasteiger partial charge in [0.1, 0.15) is 0 Å². The van der Waals surface area contributed by atoms with E-state index in [1.165, 1.54) is 7.11 Å². The van der Waals surface area contributed by atoms with Crippen molar-refractivity contribution in [3.05, 3.63) is 0 Å². The Kier molecular flexibility index (Phi) is 3.58. The van der Waals surface area contributed by atoms with E-state index in [1.54, 1.807) is 0 Å². The SMILES string of the molecule is CO[As]=O. The van der Waals surface area contributed by atoms with Crippen molar-refractivity contribution in [3.63, 3.8) is 0 Å². The fraction of sp³-hybridized carbons (Fsp3) is 1.00. The molecule has 0 unspecified atom stereocenters. The second-order valence-electron chi connectivity index (χ2n) is 0.257. The summed E-state index contributed by atoms with van der Waals surface area (Å²) >= 11 is -1.03. The van der Waals surface area contributed by atoms with Crippen LogP contribution >= 0.6 is 0 Å². The normalized spacial score (nSPS) is 8.25. The second-order valence-corrected chi connectivity index (χ2v) is 1.34. The van der Waals surface area contributed by atoms with Crippen LogP contribution in [0.2, 0.25) is 0 Å². The molecule has 0 amide bonds. The maximum atomic E-state index is 9.17. The number of hydrogen-bond donors (Lipinski definition) is 0. The zero-order chi connectivity index (χ0) is 3.41. The predicted octanol–water partition coefficient (Wildman–Crippen LogP) is -0.403. The third-order valence-electron chi connectivity index (χ3n) is 0.0745. The van der Waals surface area contributed by atoms with Crippen molar-refractivity contribution in [2.24, 2.45) is 0 Å². The molecule has 0 N–H and O–H groups in total. The molecule has 0 aliphatic rings. The molecule has 0 rings (SSSR count). The van der Waals surface area contributed by atoms with E-state index in [9.17, 15) is 3.74 Å². The summed E-state index contributed by atoms with van der Waals surface area (Å²) in [5.41, 5.74) is 0. The van der Waals surface area contributed by atoms with E-state index >= 15 is 0 Å². The Morgan fingerprint density at radius 1 is 2.00 bits per heavy atom. The number of rotatable bonds is 1. The van der Waals surface area contributed by atoms with Crippen LogP contribution in [0.5, 0.6) is 0 Å². The average Bonchev–Trinajstić information content (AvgIpc) is 1.37. The first kappa shape index (κ1) is 4.32. The zero-order valence-corrected chi connectivity index (χ0v) is 4.14. The Morgan fingerprint density at radius 2 is 2.25 bits per heavy atom. The van der Waals surface area contributed by atoms with Crippen molar-refractivity contribution >= 4 is 16.0 Å². The van der Waals surface area contributed by atoms with Crippen LogP contribution in [0.15, 0.2) is 0 Å². The molecule has 0 saturated carbocycles. The first-order chi connectivity index (χ1) is 1.91. The van der Waals surface area contributed by atoms with E-state index in [2.05, 4.69) is 3.73 Å². The minimum absolute atomic E-state index is 1.03. The molecule has 0 aromatic carbocycles. The molecule has 0 aromatic rings.